The molecule has 1 N–H and O–H groups in total. The van der Waals surface area contributed by atoms with Crippen molar-refractivity contribution in [3.05, 3.63) is 58.4 Å². The molecule has 3 aromatic rings. The Bertz CT molecular complexity index is 916. The lowest BCUT2D eigenvalue weighted by Crippen LogP contribution is -2.39. The number of pyridine rings is 1. The number of aromatic nitrogens is 3. The minimum Gasteiger partial charge on any atom is -0.331 e. The Morgan fingerprint density at radius 3 is 3.04 bits per heavy atom. The van der Waals surface area contributed by atoms with E-state index in [4.69, 9.17) is 11.6 Å². The van der Waals surface area contributed by atoms with Gasteiger partial charge in [-0.2, -0.15) is 0 Å². The van der Waals surface area contributed by atoms with Crippen molar-refractivity contribution in [3.8, 4) is 0 Å². The second kappa shape index (κ2) is 5.56. The third kappa shape index (κ3) is 2.26. The van der Waals surface area contributed by atoms with Crippen molar-refractivity contribution >= 4 is 28.5 Å². The molecule has 0 unspecified atom stereocenters. The summed E-state index contributed by atoms with van der Waals surface area (Å²) in [5.41, 5.74) is 2.45. The van der Waals surface area contributed by atoms with Gasteiger partial charge in [-0.1, -0.05) is 17.7 Å². The van der Waals surface area contributed by atoms with Crippen molar-refractivity contribution in [1.82, 2.24) is 19.9 Å². The Kier molecular flexibility index (Phi) is 3.49. The Morgan fingerprint density at radius 1 is 1.42 bits per heavy atom. The predicted octanol–water partition coefficient (Wildman–Crippen LogP) is 3.51. The van der Waals surface area contributed by atoms with Crippen LogP contribution in [0.15, 0.2) is 30.5 Å². The van der Waals surface area contributed by atoms with Crippen LogP contribution in [0.5, 0.6) is 0 Å². The molecule has 0 saturated heterocycles. The van der Waals surface area contributed by atoms with Gasteiger partial charge in [0.1, 0.15) is 16.9 Å². The smallest absolute Gasteiger partial charge is 0.290 e. The van der Waals surface area contributed by atoms with Gasteiger partial charge in [-0.25, -0.2) is 9.37 Å². The first kappa shape index (κ1) is 15.1. The number of carbonyl (C=O) groups excluding carboxylic acids is 1. The zero-order valence-corrected chi connectivity index (χ0v) is 13.6. The van der Waals surface area contributed by atoms with E-state index in [1.807, 2.05) is 19.1 Å². The molecular weight excluding hydrogens is 331 g/mol. The maximum Gasteiger partial charge on any atom is 0.290 e. The third-order valence-electron chi connectivity index (χ3n) is 4.44. The van der Waals surface area contributed by atoms with E-state index in [0.29, 0.717) is 18.0 Å². The molecule has 1 aromatic carbocycles. The summed E-state index contributed by atoms with van der Waals surface area (Å²) in [7, 11) is 0. The van der Waals surface area contributed by atoms with Crippen LogP contribution in [0.3, 0.4) is 0 Å². The van der Waals surface area contributed by atoms with Gasteiger partial charge < -0.3 is 9.88 Å². The molecule has 0 aliphatic carbocycles. The average molecular weight is 345 g/mol. The molecule has 1 atom stereocenters. The number of H-pyrrole nitrogens is 1. The Labute approximate surface area is 142 Å². The van der Waals surface area contributed by atoms with E-state index >= 15 is 0 Å². The highest BCUT2D eigenvalue weighted by Crippen LogP contribution is 2.30. The molecule has 0 bridgehead atoms. The molecule has 122 valence electrons. The van der Waals surface area contributed by atoms with Crippen molar-refractivity contribution in [2.75, 3.05) is 6.54 Å². The minimum absolute atomic E-state index is 0.0937. The topological polar surface area (TPSA) is 61.9 Å². The van der Waals surface area contributed by atoms with Gasteiger partial charge in [0, 0.05) is 24.9 Å². The number of imidazole rings is 1. The van der Waals surface area contributed by atoms with Gasteiger partial charge in [-0.05, 0) is 30.7 Å². The van der Waals surface area contributed by atoms with Crippen LogP contribution < -0.4 is 0 Å². The van der Waals surface area contributed by atoms with Gasteiger partial charge in [0.2, 0.25) is 0 Å². The van der Waals surface area contributed by atoms with Crippen LogP contribution >= 0.6 is 11.6 Å². The molecule has 1 amide bonds. The number of rotatable bonds is 1. The molecule has 24 heavy (non-hydrogen) atoms. The summed E-state index contributed by atoms with van der Waals surface area (Å²) in [6, 6.07) is 6.40. The molecule has 0 spiro atoms. The SMILES string of the molecule is C[C@@H]1c2cccnc2CCN1C(=O)c1nc2c(Cl)ccc(F)c2[nH]1. The highest BCUT2D eigenvalue weighted by atomic mass is 35.5. The lowest BCUT2D eigenvalue weighted by Gasteiger charge is -2.34. The molecular formula is C17H14ClFN4O. The molecule has 0 radical (unpaired) electrons. The van der Waals surface area contributed by atoms with Crippen molar-refractivity contribution in [3.63, 3.8) is 0 Å². The number of aromatic amines is 1. The van der Waals surface area contributed by atoms with E-state index in [1.54, 1.807) is 11.1 Å². The van der Waals surface area contributed by atoms with Crippen LogP contribution in [-0.4, -0.2) is 32.3 Å². The number of nitrogens with one attached hydrogen (secondary N) is 1. The Hall–Kier alpha value is -2.47. The van der Waals surface area contributed by atoms with Crippen LogP contribution in [0.2, 0.25) is 5.02 Å². The van der Waals surface area contributed by atoms with Crippen LogP contribution in [0, 0.1) is 5.82 Å². The van der Waals surface area contributed by atoms with Crippen LogP contribution in [0.4, 0.5) is 4.39 Å². The fraction of sp³-hybridized carbons (Fsp3) is 0.235. The first-order valence-electron chi connectivity index (χ1n) is 7.64. The fourth-order valence-electron chi connectivity index (χ4n) is 3.17. The number of halogens is 2. The minimum atomic E-state index is -0.484. The summed E-state index contributed by atoms with van der Waals surface area (Å²) >= 11 is 6.05. The van der Waals surface area contributed by atoms with E-state index in [0.717, 1.165) is 11.3 Å². The van der Waals surface area contributed by atoms with E-state index in [9.17, 15) is 9.18 Å². The molecule has 0 saturated carbocycles. The number of amides is 1. The normalized spacial score (nSPS) is 17.1. The monoisotopic (exact) mass is 344 g/mol. The number of carbonyl (C=O) groups is 1. The average Bonchev–Trinajstić information content (AvgIpc) is 3.05. The molecule has 5 nitrogen and oxygen atoms in total. The first-order valence-corrected chi connectivity index (χ1v) is 8.02. The molecule has 1 aliphatic heterocycles. The highest BCUT2D eigenvalue weighted by Gasteiger charge is 2.30. The fourth-order valence-corrected chi connectivity index (χ4v) is 3.37. The van der Waals surface area contributed by atoms with Crippen LogP contribution in [0.1, 0.15) is 34.8 Å². The van der Waals surface area contributed by atoms with E-state index in [-0.39, 0.29) is 28.8 Å². The zero-order valence-electron chi connectivity index (χ0n) is 12.9. The lowest BCUT2D eigenvalue weighted by molar-refractivity contribution is 0.0665. The third-order valence-corrected chi connectivity index (χ3v) is 4.75. The number of fused-ring (bicyclic) bond motifs is 2. The standard InChI is InChI=1S/C17H14ClFN4O/c1-9-10-3-2-7-20-13(10)6-8-23(9)17(24)16-21-14-11(18)4-5-12(19)15(14)22-16/h2-5,7,9H,6,8H2,1H3,(H,21,22)/t9-/m1/s1. The Morgan fingerprint density at radius 2 is 2.25 bits per heavy atom. The maximum atomic E-state index is 13.9. The van der Waals surface area contributed by atoms with Crippen molar-refractivity contribution < 1.29 is 9.18 Å². The quantitative estimate of drug-likeness (QED) is 0.734. The highest BCUT2D eigenvalue weighted by molar-refractivity contribution is 6.35. The van der Waals surface area contributed by atoms with Gasteiger partial charge in [-0.15, -0.1) is 0 Å². The molecule has 1 aliphatic rings. The largest absolute Gasteiger partial charge is 0.331 e. The summed E-state index contributed by atoms with van der Waals surface area (Å²) in [5.74, 6) is -0.665. The van der Waals surface area contributed by atoms with Crippen LogP contribution in [-0.2, 0) is 6.42 Å². The lowest BCUT2D eigenvalue weighted by atomic mass is 9.98. The van der Waals surface area contributed by atoms with E-state index < -0.39 is 5.82 Å². The number of benzene rings is 1. The van der Waals surface area contributed by atoms with E-state index in [2.05, 4.69) is 15.0 Å². The predicted molar refractivity (Wildman–Crippen MR) is 88.5 cm³/mol. The molecule has 4 rings (SSSR count). The Balaban J connectivity index is 1.72. The second-order valence-electron chi connectivity index (χ2n) is 5.80. The molecule has 3 heterocycles. The van der Waals surface area contributed by atoms with Gasteiger partial charge in [0.05, 0.1) is 11.1 Å². The van der Waals surface area contributed by atoms with Crippen LogP contribution in [0.25, 0.3) is 11.0 Å². The molecule has 0 fully saturated rings. The first-order chi connectivity index (χ1) is 11.6. The van der Waals surface area contributed by atoms with Crippen molar-refractivity contribution in [1.29, 1.82) is 0 Å². The van der Waals surface area contributed by atoms with Crippen molar-refractivity contribution in [2.24, 2.45) is 0 Å². The van der Waals surface area contributed by atoms with Crippen molar-refractivity contribution in [2.45, 2.75) is 19.4 Å². The summed E-state index contributed by atoms with van der Waals surface area (Å²) in [6.45, 7) is 2.49. The summed E-state index contributed by atoms with van der Waals surface area (Å²) < 4.78 is 13.9. The van der Waals surface area contributed by atoms with Gasteiger partial charge >= 0.3 is 0 Å². The summed E-state index contributed by atoms with van der Waals surface area (Å²) in [5, 5.41) is 0.308. The number of hydrogen-bond acceptors (Lipinski definition) is 3. The number of hydrogen-bond donors (Lipinski definition) is 1. The zero-order chi connectivity index (χ0) is 16.8. The molecule has 7 heteroatoms. The molecule has 2 aromatic heterocycles. The van der Waals surface area contributed by atoms with Gasteiger partial charge in [0.25, 0.3) is 5.91 Å². The number of nitrogens with zero attached hydrogens (tertiary/aromatic N) is 3. The summed E-state index contributed by atoms with van der Waals surface area (Å²) in [6.07, 6.45) is 2.44. The van der Waals surface area contributed by atoms with Gasteiger partial charge in [-0.3, -0.25) is 9.78 Å². The van der Waals surface area contributed by atoms with Gasteiger partial charge in [0.15, 0.2) is 5.82 Å². The second-order valence-corrected chi connectivity index (χ2v) is 6.21. The maximum absolute atomic E-state index is 13.9. The summed E-state index contributed by atoms with van der Waals surface area (Å²) in [4.78, 5) is 25.9. The van der Waals surface area contributed by atoms with E-state index in [1.165, 1.54) is 12.1 Å².